The molecule has 1 saturated heterocycles. The summed E-state index contributed by atoms with van der Waals surface area (Å²) in [6.45, 7) is -0.436. The topological polar surface area (TPSA) is 93.7 Å². The number of carbonyl (C=O) groups is 3. The van der Waals surface area contributed by atoms with Gasteiger partial charge in [-0.3, -0.25) is 9.59 Å². The Bertz CT molecular complexity index is 605. The van der Waals surface area contributed by atoms with Crippen molar-refractivity contribution in [2.45, 2.75) is 18.9 Å². The smallest absolute Gasteiger partial charge is 0.329 e. The van der Waals surface area contributed by atoms with Crippen LogP contribution in [0.1, 0.15) is 12.8 Å². The highest BCUT2D eigenvalue weighted by Crippen LogP contribution is 2.27. The van der Waals surface area contributed by atoms with Crippen molar-refractivity contribution < 1.29 is 23.9 Å². The molecule has 0 aromatic heterocycles. The summed E-state index contributed by atoms with van der Waals surface area (Å²) in [7, 11) is 1.49. The minimum absolute atomic E-state index is 0.195. The number of hydrogen-bond acceptors (Lipinski definition) is 5. The number of amides is 2. The molecule has 1 heterocycles. The molecular formula is C14H15ClN2O5. The average molecular weight is 327 g/mol. The third-order valence-corrected chi connectivity index (χ3v) is 3.36. The Morgan fingerprint density at radius 1 is 1.45 bits per heavy atom. The first kappa shape index (κ1) is 16.1. The normalized spacial score (nSPS) is 16.8. The van der Waals surface area contributed by atoms with Crippen LogP contribution in [0.15, 0.2) is 18.2 Å². The van der Waals surface area contributed by atoms with Gasteiger partial charge < -0.3 is 20.1 Å². The molecule has 0 saturated carbocycles. The predicted octanol–water partition coefficient (Wildman–Crippen LogP) is 1.11. The predicted molar refractivity (Wildman–Crippen MR) is 78.8 cm³/mol. The van der Waals surface area contributed by atoms with Gasteiger partial charge in [0, 0.05) is 12.1 Å². The molecule has 0 bridgehead atoms. The van der Waals surface area contributed by atoms with Gasteiger partial charge in [-0.1, -0.05) is 11.6 Å². The zero-order chi connectivity index (χ0) is 16.1. The molecule has 2 rings (SSSR count). The molecule has 2 N–H and O–H groups in total. The van der Waals surface area contributed by atoms with Crippen molar-refractivity contribution in [2.24, 2.45) is 0 Å². The fourth-order valence-corrected chi connectivity index (χ4v) is 2.23. The molecule has 1 aromatic rings. The second-order valence-corrected chi connectivity index (χ2v) is 5.07. The van der Waals surface area contributed by atoms with E-state index in [-0.39, 0.29) is 12.3 Å². The summed E-state index contributed by atoms with van der Waals surface area (Å²) < 4.78 is 9.86. The molecule has 1 fully saturated rings. The number of hydrogen-bond donors (Lipinski definition) is 2. The highest BCUT2D eigenvalue weighted by Gasteiger charge is 2.28. The molecule has 1 unspecified atom stereocenters. The molecule has 7 nitrogen and oxygen atoms in total. The maximum Gasteiger partial charge on any atom is 0.329 e. The van der Waals surface area contributed by atoms with Crippen LogP contribution in [0.3, 0.4) is 0 Å². The highest BCUT2D eigenvalue weighted by molar-refractivity contribution is 6.32. The van der Waals surface area contributed by atoms with Crippen molar-refractivity contribution in [1.82, 2.24) is 5.32 Å². The third-order valence-electron chi connectivity index (χ3n) is 3.06. The van der Waals surface area contributed by atoms with E-state index in [2.05, 4.69) is 10.6 Å². The third kappa shape index (κ3) is 4.11. The van der Waals surface area contributed by atoms with Gasteiger partial charge in [-0.25, -0.2) is 4.79 Å². The summed E-state index contributed by atoms with van der Waals surface area (Å²) in [4.78, 5) is 34.3. The lowest BCUT2D eigenvalue weighted by Crippen LogP contribution is -2.36. The van der Waals surface area contributed by atoms with Gasteiger partial charge in [-0.15, -0.1) is 0 Å². The summed E-state index contributed by atoms with van der Waals surface area (Å²) in [5.41, 5.74) is 0.459. The molecule has 1 aliphatic rings. The monoisotopic (exact) mass is 326 g/mol. The maximum absolute atomic E-state index is 11.7. The second kappa shape index (κ2) is 7.13. The molecule has 0 aliphatic carbocycles. The number of carbonyl (C=O) groups excluding carboxylic acids is 3. The molecule has 22 heavy (non-hydrogen) atoms. The summed E-state index contributed by atoms with van der Waals surface area (Å²) >= 11 is 5.94. The van der Waals surface area contributed by atoms with E-state index in [9.17, 15) is 14.4 Å². The van der Waals surface area contributed by atoms with Crippen LogP contribution < -0.4 is 15.4 Å². The van der Waals surface area contributed by atoms with E-state index >= 15 is 0 Å². The largest absolute Gasteiger partial charge is 0.495 e. The van der Waals surface area contributed by atoms with Gasteiger partial charge in [0.2, 0.25) is 5.91 Å². The Labute approximate surface area is 131 Å². The van der Waals surface area contributed by atoms with E-state index in [1.54, 1.807) is 12.1 Å². The van der Waals surface area contributed by atoms with Gasteiger partial charge in [0.25, 0.3) is 5.91 Å². The number of nitrogens with one attached hydrogen (secondary N) is 2. The molecule has 0 spiro atoms. The van der Waals surface area contributed by atoms with Gasteiger partial charge in [0.15, 0.2) is 6.61 Å². The first-order valence-corrected chi connectivity index (χ1v) is 6.97. The number of benzene rings is 1. The van der Waals surface area contributed by atoms with Crippen LogP contribution in [0.25, 0.3) is 0 Å². The maximum atomic E-state index is 11.7. The number of methoxy groups -OCH3 is 1. The second-order valence-electron chi connectivity index (χ2n) is 4.66. The Morgan fingerprint density at radius 3 is 2.82 bits per heavy atom. The van der Waals surface area contributed by atoms with E-state index in [4.69, 9.17) is 21.1 Å². The molecular weight excluding hydrogens is 312 g/mol. The Hall–Kier alpha value is -2.28. The lowest BCUT2D eigenvalue weighted by atomic mass is 10.2. The first-order valence-electron chi connectivity index (χ1n) is 6.59. The zero-order valence-electron chi connectivity index (χ0n) is 11.8. The fourth-order valence-electron chi connectivity index (χ4n) is 1.97. The van der Waals surface area contributed by atoms with Crippen LogP contribution in [-0.2, 0) is 19.1 Å². The van der Waals surface area contributed by atoms with Crippen LogP contribution in [0.4, 0.5) is 5.69 Å². The number of halogens is 1. The highest BCUT2D eigenvalue weighted by atomic mass is 35.5. The lowest BCUT2D eigenvalue weighted by molar-refractivity contribution is -0.149. The minimum Gasteiger partial charge on any atom is -0.495 e. The van der Waals surface area contributed by atoms with Gasteiger partial charge >= 0.3 is 5.97 Å². The first-order chi connectivity index (χ1) is 10.5. The number of esters is 1. The van der Waals surface area contributed by atoms with Crippen LogP contribution in [-0.4, -0.2) is 37.5 Å². The van der Waals surface area contributed by atoms with Gasteiger partial charge in [-0.05, 0) is 24.6 Å². The van der Waals surface area contributed by atoms with Crippen molar-refractivity contribution >= 4 is 35.1 Å². The van der Waals surface area contributed by atoms with Gasteiger partial charge in [0.05, 0.1) is 12.1 Å². The molecule has 1 atom stereocenters. The van der Waals surface area contributed by atoms with E-state index in [0.29, 0.717) is 22.9 Å². The number of ether oxygens (including phenoxy) is 2. The quantitative estimate of drug-likeness (QED) is 0.791. The van der Waals surface area contributed by atoms with Gasteiger partial charge in [-0.2, -0.15) is 0 Å². The molecule has 118 valence electrons. The summed E-state index contributed by atoms with van der Waals surface area (Å²) in [5.74, 6) is -0.824. The molecule has 1 aliphatic heterocycles. The number of rotatable bonds is 5. The van der Waals surface area contributed by atoms with Crippen LogP contribution in [0.5, 0.6) is 5.75 Å². The van der Waals surface area contributed by atoms with Crippen molar-refractivity contribution in [1.29, 1.82) is 0 Å². The molecule has 2 amide bonds. The Balaban J connectivity index is 1.81. The summed E-state index contributed by atoms with van der Waals surface area (Å²) in [6.07, 6.45) is 0.670. The van der Waals surface area contributed by atoms with Crippen LogP contribution in [0, 0.1) is 0 Å². The number of anilines is 1. The fraction of sp³-hybridized carbons (Fsp3) is 0.357. The van der Waals surface area contributed by atoms with Crippen molar-refractivity contribution in [3.8, 4) is 5.75 Å². The Kier molecular flexibility index (Phi) is 5.21. The SMILES string of the molecule is COc1ccc(NC(=O)COC(=O)C2CCC(=O)N2)cc1Cl. The van der Waals surface area contributed by atoms with Crippen LogP contribution in [0.2, 0.25) is 5.02 Å². The van der Waals surface area contributed by atoms with E-state index in [0.717, 1.165) is 0 Å². The summed E-state index contributed by atoms with van der Waals surface area (Å²) in [6, 6.07) is 4.08. The molecule has 1 aromatic carbocycles. The van der Waals surface area contributed by atoms with Gasteiger partial charge in [0.1, 0.15) is 11.8 Å². The Morgan fingerprint density at radius 2 is 2.23 bits per heavy atom. The average Bonchev–Trinajstić information content (AvgIpc) is 2.91. The van der Waals surface area contributed by atoms with E-state index in [1.807, 2.05) is 0 Å². The van der Waals surface area contributed by atoms with Crippen LogP contribution >= 0.6 is 11.6 Å². The standard InChI is InChI=1S/C14H15ClN2O5/c1-21-11-4-2-8(6-9(11)15)16-13(19)7-22-14(20)10-3-5-12(18)17-10/h2,4,6,10H,3,5,7H2,1H3,(H,16,19)(H,17,18). The van der Waals surface area contributed by atoms with Crippen molar-refractivity contribution in [3.63, 3.8) is 0 Å². The summed E-state index contributed by atoms with van der Waals surface area (Å²) in [5, 5.41) is 5.37. The van der Waals surface area contributed by atoms with E-state index < -0.39 is 24.5 Å². The molecule has 8 heteroatoms. The lowest BCUT2D eigenvalue weighted by Gasteiger charge is -2.11. The van der Waals surface area contributed by atoms with Crippen molar-refractivity contribution in [3.05, 3.63) is 23.2 Å². The molecule has 0 radical (unpaired) electrons. The van der Waals surface area contributed by atoms with Crippen molar-refractivity contribution in [2.75, 3.05) is 19.0 Å². The minimum atomic E-state index is -0.671. The zero-order valence-corrected chi connectivity index (χ0v) is 12.6. The van der Waals surface area contributed by atoms with E-state index in [1.165, 1.54) is 13.2 Å².